The van der Waals surface area contributed by atoms with Crippen LogP contribution in [0.15, 0.2) is 0 Å². The highest BCUT2D eigenvalue weighted by Gasteiger charge is 2.20. The average Bonchev–Trinajstić information content (AvgIpc) is 1.98. The minimum absolute atomic E-state index is 0.389. The molecule has 0 unspecified atom stereocenters. The Balaban J connectivity index is 4.22. The van der Waals surface area contributed by atoms with E-state index in [1.807, 2.05) is 0 Å². The monoisotopic (exact) mass is 177 g/mol. The summed E-state index contributed by atoms with van der Waals surface area (Å²) in [5, 5.41) is 25.3. The molecule has 0 fully saturated rings. The maximum absolute atomic E-state index is 10.4. The summed E-state index contributed by atoms with van der Waals surface area (Å²) in [4.78, 5) is 21.2. The molecule has 3 N–H and O–H groups in total. The molecule has 70 valence electrons. The molecule has 0 rings (SSSR count). The number of amides is 1. The van der Waals surface area contributed by atoms with Crippen LogP contribution < -0.4 is 0 Å². The summed E-state index contributed by atoms with van der Waals surface area (Å²) in [5.74, 6) is -1.24. The van der Waals surface area contributed by atoms with Gasteiger partial charge in [-0.05, 0) is 6.92 Å². The van der Waals surface area contributed by atoms with Gasteiger partial charge in [0, 0.05) is 0 Å². The summed E-state index contributed by atoms with van der Waals surface area (Å²) in [5.41, 5.74) is 0. The van der Waals surface area contributed by atoms with Crippen molar-refractivity contribution in [2.75, 3.05) is 13.2 Å². The fourth-order valence-electron chi connectivity index (χ4n) is 0.656. The van der Waals surface area contributed by atoms with Gasteiger partial charge in [0.1, 0.15) is 6.54 Å². The maximum Gasteiger partial charge on any atom is 0.408 e. The lowest BCUT2D eigenvalue weighted by Gasteiger charge is -2.22. The van der Waals surface area contributed by atoms with E-state index >= 15 is 0 Å². The fourth-order valence-corrected chi connectivity index (χ4v) is 0.656. The van der Waals surface area contributed by atoms with E-state index in [0.717, 1.165) is 0 Å². The number of hydrogen-bond donors (Lipinski definition) is 3. The molecule has 1 amide bonds. The second kappa shape index (κ2) is 4.55. The first kappa shape index (κ1) is 10.7. The van der Waals surface area contributed by atoms with Crippen LogP contribution in [-0.4, -0.2) is 51.5 Å². The Hall–Kier alpha value is -1.30. The highest BCUT2D eigenvalue weighted by molar-refractivity contribution is 5.75. The third kappa shape index (κ3) is 3.20. The third-order valence-electron chi connectivity index (χ3n) is 1.35. The minimum atomic E-state index is -1.35. The number of carboxylic acids is 1. The summed E-state index contributed by atoms with van der Waals surface area (Å²) in [6.45, 7) is 0.424. The molecule has 6 nitrogen and oxygen atoms in total. The quantitative estimate of drug-likeness (QED) is 0.534. The molecular weight excluding hydrogens is 166 g/mol. The number of aliphatic hydroxyl groups excluding tert-OH is 1. The van der Waals surface area contributed by atoms with E-state index in [1.165, 1.54) is 6.92 Å². The number of carboxylic acid groups (broad SMARTS) is 2. The van der Waals surface area contributed by atoms with Gasteiger partial charge in [-0.25, -0.2) is 4.79 Å². The van der Waals surface area contributed by atoms with Gasteiger partial charge in [0.25, 0.3) is 0 Å². The Kier molecular flexibility index (Phi) is 4.06. The van der Waals surface area contributed by atoms with E-state index in [-0.39, 0.29) is 6.61 Å². The SMILES string of the molecule is C[C@@H](CO)N(CC(=O)O)C(=O)O. The smallest absolute Gasteiger partial charge is 0.408 e. The first-order valence-corrected chi connectivity index (χ1v) is 3.31. The van der Waals surface area contributed by atoms with Crippen LogP contribution >= 0.6 is 0 Å². The molecule has 0 heterocycles. The lowest BCUT2D eigenvalue weighted by Crippen LogP contribution is -2.42. The van der Waals surface area contributed by atoms with E-state index in [4.69, 9.17) is 15.3 Å². The number of aliphatic carboxylic acids is 1. The zero-order valence-corrected chi connectivity index (χ0v) is 6.60. The van der Waals surface area contributed by atoms with Gasteiger partial charge in [0.2, 0.25) is 0 Å². The van der Waals surface area contributed by atoms with Gasteiger partial charge in [0.05, 0.1) is 12.6 Å². The van der Waals surface area contributed by atoms with Gasteiger partial charge in [-0.3, -0.25) is 9.69 Å². The number of aliphatic hydroxyl groups is 1. The molecule has 12 heavy (non-hydrogen) atoms. The first-order valence-electron chi connectivity index (χ1n) is 3.31. The number of hydrogen-bond acceptors (Lipinski definition) is 3. The summed E-state index contributed by atoms with van der Waals surface area (Å²) in [6, 6.07) is -0.696. The van der Waals surface area contributed by atoms with Crippen molar-refractivity contribution in [1.29, 1.82) is 0 Å². The van der Waals surface area contributed by atoms with Crippen LogP contribution in [0.1, 0.15) is 6.92 Å². The second-order valence-corrected chi connectivity index (χ2v) is 2.34. The van der Waals surface area contributed by atoms with E-state index < -0.39 is 24.6 Å². The zero-order valence-electron chi connectivity index (χ0n) is 6.60. The standard InChI is InChI=1S/C6H11NO5/c1-4(3-8)7(6(11)12)2-5(9)10/h4,8H,2-3H2,1H3,(H,9,10)(H,11,12)/t4-/m0/s1. The van der Waals surface area contributed by atoms with Crippen molar-refractivity contribution in [1.82, 2.24) is 4.90 Å². The van der Waals surface area contributed by atoms with Gasteiger partial charge < -0.3 is 15.3 Å². The van der Waals surface area contributed by atoms with Crippen LogP contribution in [0.3, 0.4) is 0 Å². The Labute approximate surface area is 69.0 Å². The molecule has 0 aromatic heterocycles. The van der Waals surface area contributed by atoms with E-state index in [0.29, 0.717) is 4.90 Å². The maximum atomic E-state index is 10.4. The lowest BCUT2D eigenvalue weighted by molar-refractivity contribution is -0.138. The van der Waals surface area contributed by atoms with Crippen molar-refractivity contribution in [2.45, 2.75) is 13.0 Å². The Morgan fingerprint density at radius 1 is 1.42 bits per heavy atom. The van der Waals surface area contributed by atoms with Crippen LogP contribution in [0.25, 0.3) is 0 Å². The predicted molar refractivity (Wildman–Crippen MR) is 38.9 cm³/mol. The summed E-state index contributed by atoms with van der Waals surface area (Å²) < 4.78 is 0. The molecule has 0 radical (unpaired) electrons. The van der Waals surface area contributed by atoms with Gasteiger partial charge in [-0.2, -0.15) is 0 Å². The molecule has 0 aromatic carbocycles. The fraction of sp³-hybridized carbons (Fsp3) is 0.667. The number of nitrogens with zero attached hydrogens (tertiary/aromatic N) is 1. The lowest BCUT2D eigenvalue weighted by atomic mass is 10.3. The third-order valence-corrected chi connectivity index (χ3v) is 1.35. The minimum Gasteiger partial charge on any atom is -0.480 e. The van der Waals surface area contributed by atoms with Gasteiger partial charge in [0.15, 0.2) is 0 Å². The van der Waals surface area contributed by atoms with Crippen LogP contribution in [-0.2, 0) is 4.79 Å². The van der Waals surface area contributed by atoms with Crippen LogP contribution in [0.5, 0.6) is 0 Å². The average molecular weight is 177 g/mol. The largest absolute Gasteiger partial charge is 0.480 e. The van der Waals surface area contributed by atoms with E-state index in [9.17, 15) is 9.59 Å². The molecule has 0 bridgehead atoms. The summed E-state index contributed by atoms with van der Waals surface area (Å²) in [7, 11) is 0. The normalized spacial score (nSPS) is 12.2. The van der Waals surface area contributed by atoms with Crippen molar-refractivity contribution in [2.24, 2.45) is 0 Å². The highest BCUT2D eigenvalue weighted by atomic mass is 16.4. The van der Waals surface area contributed by atoms with Crippen LogP contribution in [0.2, 0.25) is 0 Å². The van der Waals surface area contributed by atoms with Gasteiger partial charge in [-0.15, -0.1) is 0 Å². The molecule has 1 atom stereocenters. The van der Waals surface area contributed by atoms with Crippen molar-refractivity contribution in [3.8, 4) is 0 Å². The number of rotatable bonds is 4. The van der Waals surface area contributed by atoms with E-state index in [2.05, 4.69) is 0 Å². The molecule has 0 aliphatic rings. The summed E-state index contributed by atoms with van der Waals surface area (Å²) >= 11 is 0. The Morgan fingerprint density at radius 3 is 2.17 bits per heavy atom. The molecule has 6 heteroatoms. The molecular formula is C6H11NO5. The van der Waals surface area contributed by atoms with Crippen LogP contribution in [0.4, 0.5) is 4.79 Å². The first-order chi connectivity index (χ1) is 5.49. The van der Waals surface area contributed by atoms with Gasteiger partial charge >= 0.3 is 12.1 Å². The molecule has 0 saturated heterocycles. The molecule has 0 aromatic rings. The topological polar surface area (TPSA) is 98.1 Å². The van der Waals surface area contributed by atoms with Crippen molar-refractivity contribution in [3.05, 3.63) is 0 Å². The molecule has 0 spiro atoms. The van der Waals surface area contributed by atoms with Crippen molar-refractivity contribution >= 4 is 12.1 Å². The second-order valence-electron chi connectivity index (χ2n) is 2.34. The summed E-state index contributed by atoms with van der Waals surface area (Å²) in [6.07, 6.45) is -1.35. The zero-order chi connectivity index (χ0) is 9.72. The molecule has 0 saturated carbocycles. The van der Waals surface area contributed by atoms with Gasteiger partial charge in [-0.1, -0.05) is 0 Å². The van der Waals surface area contributed by atoms with Crippen LogP contribution in [0, 0.1) is 0 Å². The number of carbonyl (C=O) groups is 2. The highest BCUT2D eigenvalue weighted by Crippen LogP contribution is 1.97. The van der Waals surface area contributed by atoms with E-state index in [1.54, 1.807) is 0 Å². The Bertz CT molecular complexity index is 181. The van der Waals surface area contributed by atoms with Crippen molar-refractivity contribution in [3.63, 3.8) is 0 Å². The van der Waals surface area contributed by atoms with Crippen molar-refractivity contribution < 1.29 is 24.9 Å². The predicted octanol–water partition coefficient (Wildman–Crippen LogP) is -0.568. The molecule has 0 aliphatic heterocycles. The molecule has 0 aliphatic carbocycles. The Morgan fingerprint density at radius 2 is 1.92 bits per heavy atom.